The first-order valence-corrected chi connectivity index (χ1v) is 8.04. The van der Waals surface area contributed by atoms with Crippen molar-refractivity contribution < 1.29 is 9.47 Å². The fourth-order valence-corrected chi connectivity index (χ4v) is 3.13. The van der Waals surface area contributed by atoms with Crippen molar-refractivity contribution in [2.45, 2.75) is 6.92 Å². The SMILES string of the molecule is COc1cc2nnc3c(C)nc(-c4ccccc4Cl)n3c2cc1OC. The second-order valence-corrected chi connectivity index (χ2v) is 5.96. The maximum atomic E-state index is 6.39. The van der Waals surface area contributed by atoms with Gasteiger partial charge in [0.15, 0.2) is 17.1 Å². The van der Waals surface area contributed by atoms with Crippen molar-refractivity contribution in [3.05, 3.63) is 47.1 Å². The lowest BCUT2D eigenvalue weighted by Gasteiger charge is -2.11. The summed E-state index contributed by atoms with van der Waals surface area (Å²) in [5.74, 6) is 1.92. The predicted molar refractivity (Wildman–Crippen MR) is 96.6 cm³/mol. The van der Waals surface area contributed by atoms with E-state index in [-0.39, 0.29) is 0 Å². The lowest BCUT2D eigenvalue weighted by molar-refractivity contribution is 0.355. The number of methoxy groups -OCH3 is 2. The first-order valence-electron chi connectivity index (χ1n) is 7.66. The second-order valence-electron chi connectivity index (χ2n) is 5.56. The highest BCUT2D eigenvalue weighted by Crippen LogP contribution is 2.34. The predicted octanol–water partition coefficient (Wildman–Crippen LogP) is 3.92. The minimum atomic E-state index is 0.597. The van der Waals surface area contributed by atoms with Crippen molar-refractivity contribution in [3.8, 4) is 22.9 Å². The van der Waals surface area contributed by atoms with Gasteiger partial charge in [-0.1, -0.05) is 23.7 Å². The molecule has 0 fully saturated rings. The third-order valence-corrected chi connectivity index (χ3v) is 4.44. The number of aromatic nitrogens is 4. The molecule has 0 saturated carbocycles. The molecule has 7 heteroatoms. The van der Waals surface area contributed by atoms with E-state index in [4.69, 9.17) is 21.1 Å². The summed E-state index contributed by atoms with van der Waals surface area (Å²) in [6.07, 6.45) is 0. The van der Waals surface area contributed by atoms with Gasteiger partial charge in [-0.2, -0.15) is 0 Å². The molecule has 2 aromatic carbocycles. The van der Waals surface area contributed by atoms with Gasteiger partial charge in [0, 0.05) is 17.7 Å². The Labute approximate surface area is 149 Å². The largest absolute Gasteiger partial charge is 0.493 e. The highest BCUT2D eigenvalue weighted by atomic mass is 35.5. The number of halogens is 1. The van der Waals surface area contributed by atoms with Crippen molar-refractivity contribution >= 4 is 28.3 Å². The Hall–Kier alpha value is -2.86. The van der Waals surface area contributed by atoms with Crippen LogP contribution in [0.3, 0.4) is 0 Å². The molecule has 0 saturated heterocycles. The molecule has 0 amide bonds. The zero-order valence-electron chi connectivity index (χ0n) is 13.9. The number of imidazole rings is 1. The molecule has 4 aromatic rings. The Morgan fingerprint density at radius 2 is 1.72 bits per heavy atom. The van der Waals surface area contributed by atoms with Gasteiger partial charge >= 0.3 is 0 Å². The molecule has 4 rings (SSSR count). The van der Waals surface area contributed by atoms with Gasteiger partial charge in [-0.15, -0.1) is 10.2 Å². The van der Waals surface area contributed by atoms with E-state index in [1.54, 1.807) is 20.3 Å². The summed E-state index contributed by atoms with van der Waals surface area (Å²) < 4.78 is 12.7. The van der Waals surface area contributed by atoms with E-state index < -0.39 is 0 Å². The highest BCUT2D eigenvalue weighted by Gasteiger charge is 2.18. The number of aryl methyl sites for hydroxylation is 1. The first kappa shape index (κ1) is 15.7. The number of fused-ring (bicyclic) bond motifs is 3. The molecule has 0 N–H and O–H groups in total. The number of benzene rings is 2. The van der Waals surface area contributed by atoms with E-state index in [2.05, 4.69) is 15.2 Å². The monoisotopic (exact) mass is 354 g/mol. The fourth-order valence-electron chi connectivity index (χ4n) is 2.91. The van der Waals surface area contributed by atoms with Crippen LogP contribution >= 0.6 is 11.6 Å². The second kappa shape index (κ2) is 5.89. The lowest BCUT2D eigenvalue weighted by Crippen LogP contribution is -1.99. The van der Waals surface area contributed by atoms with E-state index in [0.29, 0.717) is 33.5 Å². The summed E-state index contributed by atoms with van der Waals surface area (Å²) in [5.41, 5.74) is 3.78. The van der Waals surface area contributed by atoms with E-state index in [9.17, 15) is 0 Å². The average Bonchev–Trinajstić information content (AvgIpc) is 2.97. The van der Waals surface area contributed by atoms with E-state index >= 15 is 0 Å². The Balaban J connectivity index is 2.15. The molecule has 0 aliphatic heterocycles. The molecule has 0 bridgehead atoms. The fraction of sp³-hybridized carbons (Fsp3) is 0.167. The molecule has 0 unspecified atom stereocenters. The summed E-state index contributed by atoms with van der Waals surface area (Å²) in [6, 6.07) is 11.3. The number of rotatable bonds is 3. The van der Waals surface area contributed by atoms with E-state index in [0.717, 1.165) is 16.8 Å². The molecule has 0 spiro atoms. The summed E-state index contributed by atoms with van der Waals surface area (Å²) in [5, 5.41) is 9.26. The average molecular weight is 355 g/mol. The summed E-state index contributed by atoms with van der Waals surface area (Å²) in [6.45, 7) is 1.90. The van der Waals surface area contributed by atoms with Crippen LogP contribution in [0, 0.1) is 6.92 Å². The van der Waals surface area contributed by atoms with Crippen LogP contribution in [0.15, 0.2) is 36.4 Å². The molecule has 2 heterocycles. The van der Waals surface area contributed by atoms with Gasteiger partial charge in [-0.05, 0) is 19.1 Å². The normalized spacial score (nSPS) is 11.2. The molecular weight excluding hydrogens is 340 g/mol. The van der Waals surface area contributed by atoms with Gasteiger partial charge < -0.3 is 9.47 Å². The summed E-state index contributed by atoms with van der Waals surface area (Å²) in [4.78, 5) is 4.67. The molecule has 0 radical (unpaired) electrons. The summed E-state index contributed by atoms with van der Waals surface area (Å²) >= 11 is 6.39. The zero-order valence-corrected chi connectivity index (χ0v) is 14.7. The summed E-state index contributed by atoms with van der Waals surface area (Å²) in [7, 11) is 3.19. The van der Waals surface area contributed by atoms with Gasteiger partial charge in [0.2, 0.25) is 0 Å². The smallest absolute Gasteiger partial charge is 0.183 e. The Kier molecular flexibility index (Phi) is 3.69. The van der Waals surface area contributed by atoms with Crippen LogP contribution in [0.2, 0.25) is 5.02 Å². The molecule has 0 aliphatic rings. The molecule has 126 valence electrons. The van der Waals surface area contributed by atoms with Gasteiger partial charge in [0.25, 0.3) is 0 Å². The number of nitrogens with zero attached hydrogens (tertiary/aromatic N) is 4. The maximum absolute atomic E-state index is 6.39. The van der Waals surface area contributed by atoms with Crippen molar-refractivity contribution in [1.29, 1.82) is 0 Å². The molecule has 25 heavy (non-hydrogen) atoms. The molecule has 0 aliphatic carbocycles. The van der Waals surface area contributed by atoms with Crippen LogP contribution in [-0.2, 0) is 0 Å². The van der Waals surface area contributed by atoms with Crippen molar-refractivity contribution in [2.75, 3.05) is 14.2 Å². The maximum Gasteiger partial charge on any atom is 0.183 e. The van der Waals surface area contributed by atoms with Crippen molar-refractivity contribution in [1.82, 2.24) is 19.6 Å². The number of hydrogen-bond donors (Lipinski definition) is 0. The van der Waals surface area contributed by atoms with Crippen molar-refractivity contribution in [2.24, 2.45) is 0 Å². The molecular formula is C18H15ClN4O2. The van der Waals surface area contributed by atoms with Gasteiger partial charge in [0.1, 0.15) is 11.3 Å². The molecule has 0 atom stereocenters. The van der Waals surface area contributed by atoms with Gasteiger partial charge in [0.05, 0.1) is 30.5 Å². The number of ether oxygens (including phenoxy) is 2. The Bertz CT molecular complexity index is 1110. The van der Waals surface area contributed by atoms with Crippen LogP contribution in [0.1, 0.15) is 5.69 Å². The Morgan fingerprint density at radius 3 is 2.44 bits per heavy atom. The first-order chi connectivity index (χ1) is 12.1. The third-order valence-electron chi connectivity index (χ3n) is 4.11. The topological polar surface area (TPSA) is 61.5 Å². The quantitative estimate of drug-likeness (QED) is 0.558. The molecule has 2 aromatic heterocycles. The standard InChI is InChI=1S/C18H15ClN4O2/c1-10-17-22-21-13-8-15(24-2)16(25-3)9-14(13)23(17)18(20-10)11-6-4-5-7-12(11)19/h4-9H,1-3H3. The van der Waals surface area contributed by atoms with Gasteiger partial charge in [-0.3, -0.25) is 4.40 Å². The van der Waals surface area contributed by atoms with E-state index in [1.165, 1.54) is 0 Å². The van der Waals surface area contributed by atoms with Crippen LogP contribution in [0.25, 0.3) is 28.1 Å². The third kappa shape index (κ3) is 2.37. The zero-order chi connectivity index (χ0) is 17.6. The van der Waals surface area contributed by atoms with Gasteiger partial charge in [-0.25, -0.2) is 4.98 Å². The minimum absolute atomic E-state index is 0.597. The van der Waals surface area contributed by atoms with Crippen LogP contribution < -0.4 is 9.47 Å². The van der Waals surface area contributed by atoms with Crippen LogP contribution in [0.4, 0.5) is 0 Å². The molecule has 6 nitrogen and oxygen atoms in total. The number of hydrogen-bond acceptors (Lipinski definition) is 5. The van der Waals surface area contributed by atoms with E-state index in [1.807, 2.05) is 41.7 Å². The lowest BCUT2D eigenvalue weighted by atomic mass is 10.2. The minimum Gasteiger partial charge on any atom is -0.493 e. The highest BCUT2D eigenvalue weighted by molar-refractivity contribution is 6.33. The Morgan fingerprint density at radius 1 is 1.00 bits per heavy atom. The van der Waals surface area contributed by atoms with Crippen LogP contribution in [0.5, 0.6) is 11.5 Å². The van der Waals surface area contributed by atoms with Crippen molar-refractivity contribution in [3.63, 3.8) is 0 Å². The van der Waals surface area contributed by atoms with Crippen LogP contribution in [-0.4, -0.2) is 33.8 Å².